The average Bonchev–Trinajstić information content (AvgIpc) is 3.49. The Balaban J connectivity index is 1.42. The molecule has 5 rings (SSSR count). The zero-order valence-corrected chi connectivity index (χ0v) is 19.5. The highest BCUT2D eigenvalue weighted by Crippen LogP contribution is 2.27. The second-order valence-electron chi connectivity index (χ2n) is 7.09. The molecule has 0 aliphatic heterocycles. The van der Waals surface area contributed by atoms with E-state index >= 15 is 0 Å². The number of rotatable bonds is 8. The number of hydrogen-bond donors (Lipinski definition) is 1. The highest BCUT2D eigenvalue weighted by Gasteiger charge is 2.18. The Morgan fingerprint density at radius 1 is 1.09 bits per heavy atom. The molecule has 0 unspecified atom stereocenters. The highest BCUT2D eigenvalue weighted by atomic mass is 32.2. The maximum absolute atomic E-state index is 14.7. The van der Waals surface area contributed by atoms with Gasteiger partial charge in [-0.15, -0.1) is 21.5 Å². The molecule has 0 amide bonds. The van der Waals surface area contributed by atoms with Gasteiger partial charge in [0.1, 0.15) is 34.4 Å². The summed E-state index contributed by atoms with van der Waals surface area (Å²) in [6, 6.07) is 15.3. The molecular weight excluding hydrogens is 477 g/mol. The Bertz CT molecular complexity index is 1500. The number of thioether (sulfide) groups is 1. The molecule has 11 heteroatoms. The Labute approximate surface area is 201 Å². The van der Waals surface area contributed by atoms with Crippen molar-refractivity contribution in [2.45, 2.75) is 17.5 Å². The van der Waals surface area contributed by atoms with E-state index < -0.39 is 5.82 Å². The number of methoxy groups -OCH3 is 1. The summed E-state index contributed by atoms with van der Waals surface area (Å²) in [5.74, 6) is 2.17. The fourth-order valence-corrected chi connectivity index (χ4v) is 4.86. The first-order valence-corrected chi connectivity index (χ1v) is 12.0. The molecule has 2 aromatic carbocycles. The third kappa shape index (κ3) is 4.52. The highest BCUT2D eigenvalue weighted by molar-refractivity contribution is 7.98. The summed E-state index contributed by atoms with van der Waals surface area (Å²) in [6.45, 7) is 0.0736. The van der Waals surface area contributed by atoms with Crippen molar-refractivity contribution >= 4 is 33.3 Å². The number of aromatic amines is 1. The van der Waals surface area contributed by atoms with Crippen molar-refractivity contribution in [3.8, 4) is 17.2 Å². The smallest absolute Gasteiger partial charge is 0.268 e. The minimum atomic E-state index is -0.416. The largest absolute Gasteiger partial charge is 0.497 e. The molecule has 34 heavy (non-hydrogen) atoms. The number of aromatic nitrogens is 5. The summed E-state index contributed by atoms with van der Waals surface area (Å²) in [6.07, 6.45) is 0. The monoisotopic (exact) mass is 495 g/mol. The van der Waals surface area contributed by atoms with Crippen molar-refractivity contribution in [2.24, 2.45) is 0 Å². The van der Waals surface area contributed by atoms with Gasteiger partial charge in [-0.3, -0.25) is 9.36 Å². The summed E-state index contributed by atoms with van der Waals surface area (Å²) in [4.78, 5) is 19.6. The molecule has 0 atom stereocenters. The summed E-state index contributed by atoms with van der Waals surface area (Å²) in [5.41, 5.74) is 0.770. The molecule has 172 valence electrons. The summed E-state index contributed by atoms with van der Waals surface area (Å²) in [7, 11) is 1.59. The Kier molecular flexibility index (Phi) is 6.28. The van der Waals surface area contributed by atoms with Crippen LogP contribution in [-0.4, -0.2) is 31.8 Å². The lowest BCUT2D eigenvalue weighted by molar-refractivity contribution is 0.292. The molecule has 0 aliphatic rings. The predicted octanol–water partition coefficient (Wildman–Crippen LogP) is 4.58. The fraction of sp³-hybridized carbons (Fsp3) is 0.130. The molecule has 5 aromatic rings. The van der Waals surface area contributed by atoms with Gasteiger partial charge in [0, 0.05) is 0 Å². The van der Waals surface area contributed by atoms with E-state index in [-0.39, 0.29) is 12.2 Å². The van der Waals surface area contributed by atoms with Crippen LogP contribution >= 0.6 is 23.1 Å². The number of fused-ring (bicyclic) bond motifs is 1. The van der Waals surface area contributed by atoms with Crippen LogP contribution in [0, 0.1) is 5.82 Å². The average molecular weight is 496 g/mol. The maximum atomic E-state index is 14.7. The van der Waals surface area contributed by atoms with Gasteiger partial charge in [-0.1, -0.05) is 23.9 Å². The van der Waals surface area contributed by atoms with Crippen molar-refractivity contribution in [2.75, 3.05) is 7.11 Å². The minimum absolute atomic E-state index is 0.0736. The second kappa shape index (κ2) is 9.65. The van der Waals surface area contributed by atoms with Crippen LogP contribution in [0.25, 0.3) is 15.9 Å². The molecule has 0 aliphatic carbocycles. The zero-order chi connectivity index (χ0) is 23.5. The first-order valence-electron chi connectivity index (χ1n) is 10.2. The molecule has 1 N–H and O–H groups in total. The fourth-order valence-electron chi connectivity index (χ4n) is 3.31. The number of ether oxygens (including phenoxy) is 2. The van der Waals surface area contributed by atoms with E-state index in [1.54, 1.807) is 60.2 Å². The lowest BCUT2D eigenvalue weighted by Crippen LogP contribution is -2.10. The van der Waals surface area contributed by atoms with Gasteiger partial charge in [0.05, 0.1) is 24.1 Å². The van der Waals surface area contributed by atoms with E-state index in [1.807, 2.05) is 5.38 Å². The Morgan fingerprint density at radius 3 is 2.68 bits per heavy atom. The van der Waals surface area contributed by atoms with Gasteiger partial charge in [-0.05, 0) is 47.8 Å². The lowest BCUT2D eigenvalue weighted by atomic mass is 10.3. The van der Waals surface area contributed by atoms with Crippen LogP contribution in [0.15, 0.2) is 69.9 Å². The van der Waals surface area contributed by atoms with Crippen LogP contribution < -0.4 is 15.0 Å². The topological polar surface area (TPSA) is 94.9 Å². The quantitative estimate of drug-likeness (QED) is 0.315. The minimum Gasteiger partial charge on any atom is -0.497 e. The van der Waals surface area contributed by atoms with Crippen LogP contribution in [0.1, 0.15) is 11.6 Å². The molecule has 0 fully saturated rings. The van der Waals surface area contributed by atoms with Gasteiger partial charge in [0.2, 0.25) is 0 Å². The van der Waals surface area contributed by atoms with Gasteiger partial charge < -0.3 is 14.5 Å². The Hall–Kier alpha value is -3.70. The van der Waals surface area contributed by atoms with E-state index in [2.05, 4.69) is 20.2 Å². The first-order chi connectivity index (χ1) is 16.6. The van der Waals surface area contributed by atoms with Crippen LogP contribution in [-0.2, 0) is 12.4 Å². The van der Waals surface area contributed by atoms with Crippen LogP contribution in [0.4, 0.5) is 4.39 Å². The Morgan fingerprint density at radius 2 is 1.88 bits per heavy atom. The molecule has 3 heterocycles. The van der Waals surface area contributed by atoms with E-state index in [9.17, 15) is 9.18 Å². The van der Waals surface area contributed by atoms with Crippen LogP contribution in [0.2, 0.25) is 0 Å². The third-order valence-corrected chi connectivity index (χ3v) is 6.77. The number of thiophene rings is 1. The van der Waals surface area contributed by atoms with Gasteiger partial charge in [-0.25, -0.2) is 9.37 Å². The van der Waals surface area contributed by atoms with Gasteiger partial charge >= 0.3 is 0 Å². The zero-order valence-electron chi connectivity index (χ0n) is 17.9. The van der Waals surface area contributed by atoms with Gasteiger partial charge in [-0.2, -0.15) is 0 Å². The molecule has 8 nitrogen and oxygen atoms in total. The third-order valence-electron chi connectivity index (χ3n) is 4.92. The summed E-state index contributed by atoms with van der Waals surface area (Å²) < 4.78 is 27.9. The number of halogens is 1. The number of nitrogens with one attached hydrogen (secondary N) is 1. The van der Waals surface area contributed by atoms with Crippen molar-refractivity contribution in [3.05, 3.63) is 87.8 Å². The molecule has 0 spiro atoms. The normalized spacial score (nSPS) is 11.1. The molecule has 0 saturated heterocycles. The number of hydrogen-bond acceptors (Lipinski definition) is 8. The molecule has 0 bridgehead atoms. The van der Waals surface area contributed by atoms with Crippen LogP contribution in [0.3, 0.4) is 0 Å². The van der Waals surface area contributed by atoms with Crippen molar-refractivity contribution < 1.29 is 13.9 Å². The SMILES string of the molecule is COc1ccc(OCc2nnc(SCc3nc4ccsc4c(=O)[nH]3)n2-c2ccccc2F)cc1. The number of benzene rings is 2. The predicted molar refractivity (Wildman–Crippen MR) is 128 cm³/mol. The second-order valence-corrected chi connectivity index (χ2v) is 8.94. The van der Waals surface area contributed by atoms with E-state index in [0.29, 0.717) is 50.0 Å². The maximum Gasteiger partial charge on any atom is 0.268 e. The van der Waals surface area contributed by atoms with Crippen molar-refractivity contribution in [1.29, 1.82) is 0 Å². The van der Waals surface area contributed by atoms with Gasteiger partial charge in [0.25, 0.3) is 5.56 Å². The molecule has 0 saturated carbocycles. The number of nitrogens with zero attached hydrogens (tertiary/aromatic N) is 4. The summed E-state index contributed by atoms with van der Waals surface area (Å²) in [5, 5.41) is 10.8. The number of para-hydroxylation sites is 1. The van der Waals surface area contributed by atoms with Crippen LogP contribution in [0.5, 0.6) is 11.5 Å². The molecule has 3 aromatic heterocycles. The van der Waals surface area contributed by atoms with E-state index in [1.165, 1.54) is 29.2 Å². The standard InChI is InChI=1S/C23H18FN5O3S2/c1-31-14-6-8-15(9-7-14)32-12-20-27-28-23(29(20)18-5-3-2-4-16(18)24)34-13-19-25-17-10-11-33-21(17)22(30)26-19/h2-11H,12-13H2,1H3,(H,25,26,30). The first kappa shape index (κ1) is 22.1. The van der Waals surface area contributed by atoms with Crippen molar-refractivity contribution in [1.82, 2.24) is 24.7 Å². The molecule has 0 radical (unpaired) electrons. The summed E-state index contributed by atoms with van der Waals surface area (Å²) >= 11 is 2.64. The molecular formula is C23H18FN5O3S2. The van der Waals surface area contributed by atoms with E-state index in [4.69, 9.17) is 9.47 Å². The lowest BCUT2D eigenvalue weighted by Gasteiger charge is -2.12. The van der Waals surface area contributed by atoms with Gasteiger partial charge in [0.15, 0.2) is 11.0 Å². The number of H-pyrrole nitrogens is 1. The van der Waals surface area contributed by atoms with Crippen molar-refractivity contribution in [3.63, 3.8) is 0 Å². The van der Waals surface area contributed by atoms with E-state index in [0.717, 1.165) is 0 Å².